The van der Waals surface area contributed by atoms with Gasteiger partial charge in [0.1, 0.15) is 5.54 Å². The number of fused-ring (bicyclic) bond motifs is 2. The first-order chi connectivity index (χ1) is 8.60. The fraction of sp³-hybridized carbons (Fsp3) is 0.500. The Morgan fingerprint density at radius 3 is 2.56 bits per heavy atom. The Labute approximate surface area is 115 Å². The first kappa shape index (κ1) is 12.0. The highest BCUT2D eigenvalue weighted by molar-refractivity contribution is 9.10. The van der Waals surface area contributed by atoms with Crippen molar-refractivity contribution >= 4 is 27.5 Å². The van der Waals surface area contributed by atoms with Gasteiger partial charge in [-0.25, -0.2) is 0 Å². The van der Waals surface area contributed by atoms with Crippen LogP contribution in [0.5, 0.6) is 0 Å². The molecule has 3 atom stereocenters. The summed E-state index contributed by atoms with van der Waals surface area (Å²) in [6.45, 7) is 0. The topological polar surface area (TPSA) is 55.1 Å². The summed E-state index contributed by atoms with van der Waals surface area (Å²) in [6.07, 6.45) is 4.41. The van der Waals surface area contributed by atoms with Gasteiger partial charge in [0.15, 0.2) is 0 Å². The maximum atomic E-state index is 11.9. The van der Waals surface area contributed by atoms with Gasteiger partial charge in [0.25, 0.3) is 0 Å². The maximum Gasteiger partial charge on any atom is 0.243 e. The molecular weight excluding hydrogens is 292 g/mol. The first-order valence-corrected chi connectivity index (χ1v) is 7.23. The summed E-state index contributed by atoms with van der Waals surface area (Å²) in [5, 5.41) is 3.42. The number of anilines is 1. The van der Waals surface area contributed by atoms with Gasteiger partial charge in [0, 0.05) is 10.2 Å². The van der Waals surface area contributed by atoms with Gasteiger partial charge in [-0.2, -0.15) is 0 Å². The molecule has 2 aliphatic rings. The van der Waals surface area contributed by atoms with E-state index in [4.69, 9.17) is 5.73 Å². The SMILES string of the molecule is NC(=O)C1(Nc2ccc(Br)cc2)CC2CCC1C2. The number of halogens is 1. The number of primary amides is 1. The molecule has 2 bridgehead atoms. The number of benzene rings is 1. The van der Waals surface area contributed by atoms with Crippen molar-refractivity contribution < 1.29 is 4.79 Å². The average molecular weight is 309 g/mol. The number of nitrogens with one attached hydrogen (secondary N) is 1. The summed E-state index contributed by atoms with van der Waals surface area (Å²) >= 11 is 3.41. The van der Waals surface area contributed by atoms with E-state index < -0.39 is 5.54 Å². The summed E-state index contributed by atoms with van der Waals surface area (Å²) in [5.41, 5.74) is 6.15. The van der Waals surface area contributed by atoms with Crippen molar-refractivity contribution in [2.45, 2.75) is 31.2 Å². The molecule has 0 aliphatic heterocycles. The number of carbonyl (C=O) groups excluding carboxylic acids is 1. The van der Waals surface area contributed by atoms with Gasteiger partial charge >= 0.3 is 0 Å². The van der Waals surface area contributed by atoms with Crippen molar-refractivity contribution in [3.8, 4) is 0 Å². The lowest BCUT2D eigenvalue weighted by molar-refractivity contribution is -0.123. The number of nitrogens with two attached hydrogens (primary N) is 1. The largest absolute Gasteiger partial charge is 0.371 e. The fourth-order valence-corrected chi connectivity index (χ4v) is 3.90. The zero-order valence-electron chi connectivity index (χ0n) is 10.2. The molecule has 96 valence electrons. The van der Waals surface area contributed by atoms with E-state index in [1.54, 1.807) is 0 Å². The molecule has 0 heterocycles. The zero-order chi connectivity index (χ0) is 12.8. The minimum atomic E-state index is -0.517. The highest BCUT2D eigenvalue weighted by atomic mass is 79.9. The molecule has 3 unspecified atom stereocenters. The van der Waals surface area contributed by atoms with E-state index in [0.717, 1.165) is 29.4 Å². The van der Waals surface area contributed by atoms with Crippen molar-refractivity contribution in [3.05, 3.63) is 28.7 Å². The Bertz CT molecular complexity index is 473. The molecule has 18 heavy (non-hydrogen) atoms. The van der Waals surface area contributed by atoms with Crippen LogP contribution >= 0.6 is 15.9 Å². The molecule has 3 nitrogen and oxygen atoms in total. The smallest absolute Gasteiger partial charge is 0.243 e. The Hall–Kier alpha value is -1.03. The second-order valence-electron chi connectivity index (χ2n) is 5.55. The lowest BCUT2D eigenvalue weighted by Gasteiger charge is -2.36. The fourth-order valence-electron chi connectivity index (χ4n) is 3.64. The van der Waals surface area contributed by atoms with Crippen molar-refractivity contribution in [1.29, 1.82) is 0 Å². The van der Waals surface area contributed by atoms with E-state index in [9.17, 15) is 4.79 Å². The van der Waals surface area contributed by atoms with Crippen LogP contribution in [-0.4, -0.2) is 11.4 Å². The number of hydrogen-bond acceptors (Lipinski definition) is 2. The van der Waals surface area contributed by atoms with Crippen LogP contribution in [-0.2, 0) is 4.79 Å². The lowest BCUT2D eigenvalue weighted by atomic mass is 9.80. The molecule has 1 aromatic rings. The van der Waals surface area contributed by atoms with Crippen molar-refractivity contribution in [1.82, 2.24) is 0 Å². The van der Waals surface area contributed by atoms with E-state index in [0.29, 0.717) is 11.8 Å². The molecule has 2 aliphatic carbocycles. The van der Waals surface area contributed by atoms with Crippen LogP contribution in [0.25, 0.3) is 0 Å². The molecule has 1 aromatic carbocycles. The van der Waals surface area contributed by atoms with Gasteiger partial charge in [0.2, 0.25) is 5.91 Å². The van der Waals surface area contributed by atoms with Gasteiger partial charge < -0.3 is 11.1 Å². The molecule has 0 aromatic heterocycles. The summed E-state index contributed by atoms with van der Waals surface area (Å²) in [5.74, 6) is 0.881. The Kier molecular flexibility index (Phi) is 2.85. The predicted molar refractivity (Wildman–Crippen MR) is 75.1 cm³/mol. The predicted octanol–water partition coefficient (Wildman–Crippen LogP) is 2.91. The number of amides is 1. The van der Waals surface area contributed by atoms with Crippen LogP contribution in [0.1, 0.15) is 25.7 Å². The second-order valence-corrected chi connectivity index (χ2v) is 6.46. The minimum absolute atomic E-state index is 0.197. The van der Waals surface area contributed by atoms with Crippen LogP contribution in [0.3, 0.4) is 0 Å². The van der Waals surface area contributed by atoms with E-state index in [2.05, 4.69) is 21.2 Å². The lowest BCUT2D eigenvalue weighted by Crippen LogP contribution is -2.54. The van der Waals surface area contributed by atoms with Gasteiger partial charge in [0.05, 0.1) is 0 Å². The highest BCUT2D eigenvalue weighted by Crippen LogP contribution is 2.52. The van der Waals surface area contributed by atoms with Crippen LogP contribution in [0.2, 0.25) is 0 Å². The maximum absolute atomic E-state index is 11.9. The molecule has 3 N–H and O–H groups in total. The first-order valence-electron chi connectivity index (χ1n) is 6.44. The van der Waals surface area contributed by atoms with Crippen molar-refractivity contribution in [2.24, 2.45) is 17.6 Å². The number of hydrogen-bond donors (Lipinski definition) is 2. The molecule has 3 rings (SSSR count). The molecule has 0 radical (unpaired) electrons. The van der Waals surface area contributed by atoms with Crippen molar-refractivity contribution in [3.63, 3.8) is 0 Å². The molecule has 4 heteroatoms. The Morgan fingerprint density at radius 2 is 2.06 bits per heavy atom. The van der Waals surface area contributed by atoms with Gasteiger partial charge in [-0.3, -0.25) is 4.79 Å². The third-order valence-corrected chi connectivity index (χ3v) is 5.03. The second kappa shape index (κ2) is 4.26. The van der Waals surface area contributed by atoms with E-state index in [-0.39, 0.29) is 5.91 Å². The quantitative estimate of drug-likeness (QED) is 0.902. The van der Waals surface area contributed by atoms with Crippen LogP contribution in [0.4, 0.5) is 5.69 Å². The summed E-state index contributed by atoms with van der Waals surface area (Å²) in [6, 6.07) is 7.93. The van der Waals surface area contributed by atoms with Crippen LogP contribution in [0.15, 0.2) is 28.7 Å². The van der Waals surface area contributed by atoms with E-state index in [1.165, 1.54) is 6.42 Å². The molecular formula is C14H17BrN2O. The summed E-state index contributed by atoms with van der Waals surface area (Å²) in [4.78, 5) is 11.9. The van der Waals surface area contributed by atoms with Gasteiger partial charge in [-0.05, 0) is 61.8 Å². The molecule has 0 spiro atoms. The number of carbonyl (C=O) groups is 1. The van der Waals surface area contributed by atoms with Crippen LogP contribution < -0.4 is 11.1 Å². The number of rotatable bonds is 3. The minimum Gasteiger partial charge on any atom is -0.371 e. The Morgan fingerprint density at radius 1 is 1.33 bits per heavy atom. The monoisotopic (exact) mass is 308 g/mol. The van der Waals surface area contributed by atoms with Crippen molar-refractivity contribution in [2.75, 3.05) is 5.32 Å². The Balaban J connectivity index is 1.88. The van der Waals surface area contributed by atoms with E-state index >= 15 is 0 Å². The third kappa shape index (κ3) is 1.83. The molecule has 2 saturated carbocycles. The highest BCUT2D eigenvalue weighted by Gasteiger charge is 2.54. The molecule has 2 fully saturated rings. The summed E-state index contributed by atoms with van der Waals surface area (Å²) in [7, 11) is 0. The zero-order valence-corrected chi connectivity index (χ0v) is 11.7. The molecule has 1 amide bonds. The summed E-state index contributed by atoms with van der Waals surface area (Å²) < 4.78 is 1.04. The van der Waals surface area contributed by atoms with Gasteiger partial charge in [-0.15, -0.1) is 0 Å². The average Bonchev–Trinajstić information content (AvgIpc) is 2.93. The third-order valence-electron chi connectivity index (χ3n) is 4.50. The van der Waals surface area contributed by atoms with Gasteiger partial charge in [-0.1, -0.05) is 15.9 Å². The van der Waals surface area contributed by atoms with E-state index in [1.807, 2.05) is 24.3 Å². The standard InChI is InChI=1S/C14H17BrN2O/c15-11-3-5-12(6-4-11)17-14(13(16)18)8-9-1-2-10(14)7-9/h3-6,9-10,17H,1-2,7-8H2,(H2,16,18). The van der Waals surface area contributed by atoms with Crippen LogP contribution in [0, 0.1) is 11.8 Å². The molecule has 0 saturated heterocycles. The normalized spacial score (nSPS) is 33.6.